The molecule has 2 rings (SSSR count). The van der Waals surface area contributed by atoms with Crippen LogP contribution in [-0.2, 0) is 0 Å². The molecule has 2 aliphatic rings. The van der Waals surface area contributed by atoms with Crippen LogP contribution < -0.4 is 0 Å². The minimum atomic E-state index is 0.738. The van der Waals surface area contributed by atoms with Crippen LogP contribution in [-0.4, -0.2) is 73.1 Å². The molecule has 0 aliphatic carbocycles. The maximum atomic E-state index is 2.71. The summed E-state index contributed by atoms with van der Waals surface area (Å²) in [5.41, 5.74) is 0. The van der Waals surface area contributed by atoms with Gasteiger partial charge in [-0.05, 0) is 71.6 Å². The van der Waals surface area contributed by atoms with Crippen molar-refractivity contribution in [3.05, 3.63) is 0 Å². The lowest BCUT2D eigenvalue weighted by Crippen LogP contribution is -2.47. The van der Waals surface area contributed by atoms with Gasteiger partial charge in [-0.3, -0.25) is 0 Å². The Morgan fingerprint density at radius 3 is 1.95 bits per heavy atom. The van der Waals surface area contributed by atoms with Crippen molar-refractivity contribution in [2.45, 2.75) is 58.9 Å². The van der Waals surface area contributed by atoms with Gasteiger partial charge < -0.3 is 14.7 Å². The van der Waals surface area contributed by atoms with Gasteiger partial charge in [-0.15, -0.1) is 0 Å². The predicted octanol–water partition coefficient (Wildman–Crippen LogP) is 2.91. The quantitative estimate of drug-likeness (QED) is 0.715. The third-order valence-corrected chi connectivity index (χ3v) is 5.53. The van der Waals surface area contributed by atoms with E-state index in [4.69, 9.17) is 0 Å². The molecule has 0 unspecified atom stereocenters. The minimum absolute atomic E-state index is 0.738. The first-order valence-electron chi connectivity index (χ1n) is 9.37. The molecule has 0 aromatic carbocycles. The number of nitrogens with zero attached hydrogens (tertiary/aromatic N) is 3. The van der Waals surface area contributed by atoms with Gasteiger partial charge in [-0.1, -0.05) is 13.3 Å². The van der Waals surface area contributed by atoms with Gasteiger partial charge in [-0.25, -0.2) is 0 Å². The molecule has 2 fully saturated rings. The van der Waals surface area contributed by atoms with Crippen LogP contribution in [0, 0.1) is 5.92 Å². The molecule has 0 aromatic rings. The summed E-state index contributed by atoms with van der Waals surface area (Å²) in [7, 11) is 0. The van der Waals surface area contributed by atoms with Crippen LogP contribution in [0.5, 0.6) is 0 Å². The molecular weight excluding hydrogens is 258 g/mol. The molecule has 0 saturated carbocycles. The van der Waals surface area contributed by atoms with Crippen molar-refractivity contribution in [1.29, 1.82) is 0 Å². The molecule has 0 atom stereocenters. The summed E-state index contributed by atoms with van der Waals surface area (Å²) in [4.78, 5) is 8.00. The van der Waals surface area contributed by atoms with Crippen molar-refractivity contribution in [3.8, 4) is 0 Å². The molecule has 0 N–H and O–H groups in total. The Bertz CT molecular complexity index is 264. The fraction of sp³-hybridized carbons (Fsp3) is 1.00. The van der Waals surface area contributed by atoms with Crippen molar-refractivity contribution in [2.75, 3.05) is 52.4 Å². The Balaban J connectivity index is 1.56. The average molecular weight is 296 g/mol. The number of unbranched alkanes of at least 4 members (excludes halogenated alkanes) is 1. The third-order valence-electron chi connectivity index (χ3n) is 5.53. The first-order valence-corrected chi connectivity index (χ1v) is 9.37. The first-order chi connectivity index (χ1) is 10.2. The molecule has 0 spiro atoms. The van der Waals surface area contributed by atoms with E-state index in [0.29, 0.717) is 0 Å². The maximum Gasteiger partial charge on any atom is 0.0110 e. The van der Waals surface area contributed by atoms with Crippen molar-refractivity contribution < 1.29 is 0 Å². The molecule has 0 radical (unpaired) electrons. The van der Waals surface area contributed by atoms with Crippen LogP contribution in [0.1, 0.15) is 52.9 Å². The van der Waals surface area contributed by atoms with Gasteiger partial charge in [0.1, 0.15) is 0 Å². The van der Waals surface area contributed by atoms with E-state index in [1.165, 1.54) is 84.5 Å². The van der Waals surface area contributed by atoms with E-state index in [9.17, 15) is 0 Å². The number of piperidine rings is 1. The van der Waals surface area contributed by atoms with E-state index in [-0.39, 0.29) is 0 Å². The Morgan fingerprint density at radius 2 is 1.43 bits per heavy atom. The highest BCUT2D eigenvalue weighted by atomic mass is 15.3. The standard InChI is InChI=1S/C18H37N3/c1-4-5-9-19-13-15-20(16-14-19)10-6-18-7-11-21(12-8-18)17(2)3/h17-18H,4-16H2,1-3H3. The molecule has 2 saturated heterocycles. The zero-order valence-corrected chi connectivity index (χ0v) is 14.7. The second-order valence-electron chi connectivity index (χ2n) is 7.40. The summed E-state index contributed by atoms with van der Waals surface area (Å²) < 4.78 is 0. The molecule has 0 amide bonds. The van der Waals surface area contributed by atoms with E-state index >= 15 is 0 Å². The topological polar surface area (TPSA) is 9.72 Å². The predicted molar refractivity (Wildman–Crippen MR) is 91.8 cm³/mol. The smallest absolute Gasteiger partial charge is 0.0110 e. The fourth-order valence-electron chi connectivity index (χ4n) is 3.74. The monoisotopic (exact) mass is 295 g/mol. The van der Waals surface area contributed by atoms with Crippen molar-refractivity contribution in [3.63, 3.8) is 0 Å². The molecule has 2 aliphatic heterocycles. The van der Waals surface area contributed by atoms with Gasteiger partial charge in [0.25, 0.3) is 0 Å². The number of rotatable bonds is 7. The Morgan fingerprint density at radius 1 is 0.857 bits per heavy atom. The van der Waals surface area contributed by atoms with E-state index < -0.39 is 0 Å². The van der Waals surface area contributed by atoms with Crippen LogP contribution in [0.25, 0.3) is 0 Å². The molecule has 124 valence electrons. The molecule has 0 aromatic heterocycles. The van der Waals surface area contributed by atoms with Gasteiger partial charge in [0, 0.05) is 32.2 Å². The van der Waals surface area contributed by atoms with Crippen molar-refractivity contribution in [2.24, 2.45) is 5.92 Å². The van der Waals surface area contributed by atoms with Gasteiger partial charge >= 0.3 is 0 Å². The summed E-state index contributed by atoms with van der Waals surface area (Å²) in [5, 5.41) is 0. The van der Waals surface area contributed by atoms with Crippen LogP contribution in [0.4, 0.5) is 0 Å². The SMILES string of the molecule is CCCCN1CCN(CCC2CCN(C(C)C)CC2)CC1. The Labute approximate surface area is 132 Å². The number of piperazine rings is 1. The lowest BCUT2D eigenvalue weighted by molar-refractivity contribution is 0.108. The minimum Gasteiger partial charge on any atom is -0.301 e. The van der Waals surface area contributed by atoms with Gasteiger partial charge in [0.2, 0.25) is 0 Å². The zero-order chi connectivity index (χ0) is 15.1. The number of likely N-dealkylation sites (tertiary alicyclic amines) is 1. The van der Waals surface area contributed by atoms with Crippen LogP contribution in [0.3, 0.4) is 0 Å². The highest BCUT2D eigenvalue weighted by molar-refractivity contribution is 4.77. The lowest BCUT2D eigenvalue weighted by atomic mass is 9.92. The lowest BCUT2D eigenvalue weighted by Gasteiger charge is -2.37. The van der Waals surface area contributed by atoms with Crippen LogP contribution in [0.2, 0.25) is 0 Å². The highest BCUT2D eigenvalue weighted by Gasteiger charge is 2.22. The van der Waals surface area contributed by atoms with Gasteiger partial charge in [0.15, 0.2) is 0 Å². The normalized spacial score (nSPS) is 24.0. The first kappa shape index (κ1) is 17.2. The summed E-state index contributed by atoms with van der Waals surface area (Å²) in [6.45, 7) is 17.5. The Kier molecular flexibility index (Phi) is 7.48. The van der Waals surface area contributed by atoms with E-state index in [1.807, 2.05) is 0 Å². The van der Waals surface area contributed by atoms with Crippen molar-refractivity contribution in [1.82, 2.24) is 14.7 Å². The second kappa shape index (κ2) is 9.12. The van der Waals surface area contributed by atoms with Crippen molar-refractivity contribution >= 4 is 0 Å². The van der Waals surface area contributed by atoms with E-state index in [2.05, 4.69) is 35.5 Å². The van der Waals surface area contributed by atoms with Gasteiger partial charge in [0.05, 0.1) is 0 Å². The molecule has 21 heavy (non-hydrogen) atoms. The summed E-state index contributed by atoms with van der Waals surface area (Å²) in [6, 6.07) is 0.738. The highest BCUT2D eigenvalue weighted by Crippen LogP contribution is 2.22. The molecular formula is C18H37N3. The van der Waals surface area contributed by atoms with Crippen LogP contribution >= 0.6 is 0 Å². The molecule has 2 heterocycles. The third kappa shape index (κ3) is 5.88. The summed E-state index contributed by atoms with van der Waals surface area (Å²) in [6.07, 6.45) is 6.98. The van der Waals surface area contributed by atoms with E-state index in [0.717, 1.165) is 12.0 Å². The Hall–Kier alpha value is -0.120. The van der Waals surface area contributed by atoms with Crippen LogP contribution in [0.15, 0.2) is 0 Å². The summed E-state index contributed by atoms with van der Waals surface area (Å²) in [5.74, 6) is 0.984. The molecule has 0 bridgehead atoms. The van der Waals surface area contributed by atoms with Gasteiger partial charge in [-0.2, -0.15) is 0 Å². The van der Waals surface area contributed by atoms with E-state index in [1.54, 1.807) is 0 Å². The summed E-state index contributed by atoms with van der Waals surface area (Å²) >= 11 is 0. The second-order valence-corrected chi connectivity index (χ2v) is 7.40. The average Bonchev–Trinajstić information content (AvgIpc) is 2.52. The number of hydrogen-bond acceptors (Lipinski definition) is 3. The zero-order valence-electron chi connectivity index (χ0n) is 14.7. The molecule has 3 nitrogen and oxygen atoms in total. The fourth-order valence-corrected chi connectivity index (χ4v) is 3.74. The number of hydrogen-bond donors (Lipinski definition) is 0. The largest absolute Gasteiger partial charge is 0.301 e. The molecule has 3 heteroatoms. The maximum absolute atomic E-state index is 2.71.